The van der Waals surface area contributed by atoms with Gasteiger partial charge in [0.25, 0.3) is 0 Å². The molecule has 1 aliphatic carbocycles. The van der Waals surface area contributed by atoms with Gasteiger partial charge in [0.1, 0.15) is 0 Å². The molecule has 0 aromatic rings. The molecular formula is C17H32N4O3. The fourth-order valence-corrected chi connectivity index (χ4v) is 3.73. The Morgan fingerprint density at radius 3 is 2.67 bits per heavy atom. The van der Waals surface area contributed by atoms with Crippen LogP contribution >= 0.6 is 0 Å². The van der Waals surface area contributed by atoms with E-state index in [1.807, 2.05) is 0 Å². The van der Waals surface area contributed by atoms with Gasteiger partial charge >= 0.3 is 5.97 Å². The first-order valence-electron chi connectivity index (χ1n) is 8.83. The minimum absolute atomic E-state index is 0.000446. The lowest BCUT2D eigenvalue weighted by molar-refractivity contribution is -0.141. The van der Waals surface area contributed by atoms with Crippen molar-refractivity contribution >= 4 is 18.2 Å². The van der Waals surface area contributed by atoms with Gasteiger partial charge in [-0.05, 0) is 43.4 Å². The lowest BCUT2D eigenvalue weighted by atomic mass is 9.84. The predicted molar refractivity (Wildman–Crippen MR) is 94.3 cm³/mol. The maximum Gasteiger partial charge on any atom is 0.306 e. The highest BCUT2D eigenvalue weighted by Gasteiger charge is 2.37. The Balaban J connectivity index is 2.58. The number of carbonyl (C=O) groups excluding carboxylic acids is 1. The fourth-order valence-electron chi connectivity index (χ4n) is 3.73. The van der Waals surface area contributed by atoms with Crippen LogP contribution in [-0.2, 0) is 9.59 Å². The van der Waals surface area contributed by atoms with Crippen molar-refractivity contribution in [3.05, 3.63) is 0 Å². The quantitative estimate of drug-likeness (QED) is 0.208. The number of nitrogens with zero attached hydrogens (tertiary/aromatic N) is 1. The second-order valence-corrected chi connectivity index (χ2v) is 6.94. The summed E-state index contributed by atoms with van der Waals surface area (Å²) < 4.78 is 0. The van der Waals surface area contributed by atoms with Crippen molar-refractivity contribution in [2.75, 3.05) is 6.54 Å². The molecule has 5 N–H and O–H groups in total. The monoisotopic (exact) mass is 340 g/mol. The zero-order valence-electron chi connectivity index (χ0n) is 15.0. The fraction of sp³-hybridized carbons (Fsp3) is 0.824. The van der Waals surface area contributed by atoms with Crippen molar-refractivity contribution in [1.82, 2.24) is 10.7 Å². The third-order valence-electron chi connectivity index (χ3n) is 5.26. The normalized spacial score (nSPS) is 26.2. The van der Waals surface area contributed by atoms with E-state index in [9.17, 15) is 14.7 Å². The first kappa shape index (κ1) is 20.4. The molecule has 7 heteroatoms. The Morgan fingerprint density at radius 1 is 1.42 bits per heavy atom. The number of carboxylic acids is 1. The zero-order valence-corrected chi connectivity index (χ0v) is 15.0. The van der Waals surface area contributed by atoms with Gasteiger partial charge in [0, 0.05) is 13.5 Å². The molecule has 3 unspecified atom stereocenters. The van der Waals surface area contributed by atoms with E-state index in [1.165, 1.54) is 13.3 Å². The molecule has 0 saturated heterocycles. The highest BCUT2D eigenvalue weighted by Crippen LogP contribution is 2.38. The summed E-state index contributed by atoms with van der Waals surface area (Å²) >= 11 is 0. The number of amides is 1. The van der Waals surface area contributed by atoms with E-state index in [4.69, 9.17) is 5.84 Å². The lowest BCUT2D eigenvalue weighted by Gasteiger charge is -2.25. The Hall–Kier alpha value is -1.63. The van der Waals surface area contributed by atoms with E-state index in [-0.39, 0.29) is 23.8 Å². The molecule has 0 radical (unpaired) electrons. The Kier molecular flexibility index (Phi) is 8.74. The van der Waals surface area contributed by atoms with Crippen LogP contribution in [-0.4, -0.2) is 35.9 Å². The summed E-state index contributed by atoms with van der Waals surface area (Å²) in [5.74, 6) is 5.39. The second kappa shape index (κ2) is 10.3. The number of carboxylic acid groups (broad SMARTS) is 1. The third kappa shape index (κ3) is 6.47. The first-order valence-corrected chi connectivity index (χ1v) is 8.83. The minimum atomic E-state index is -0.732. The molecule has 1 saturated carbocycles. The molecule has 0 spiro atoms. The van der Waals surface area contributed by atoms with E-state index in [1.54, 1.807) is 0 Å². The SMILES string of the molecule is CC[C@@H](CCC1CC(C(=O)O)C[C@@H]1N=CNN)C(C)CNC(C)=O. The van der Waals surface area contributed by atoms with Crippen molar-refractivity contribution in [3.8, 4) is 0 Å². The molecular weight excluding hydrogens is 308 g/mol. The summed E-state index contributed by atoms with van der Waals surface area (Å²) in [6, 6.07) is 0.0188. The first-order chi connectivity index (χ1) is 11.4. The highest BCUT2D eigenvalue weighted by molar-refractivity contribution is 5.72. The van der Waals surface area contributed by atoms with Crippen LogP contribution in [0.5, 0.6) is 0 Å². The Morgan fingerprint density at radius 2 is 2.12 bits per heavy atom. The average molecular weight is 340 g/mol. The predicted octanol–water partition coefficient (Wildman–Crippen LogP) is 1.54. The molecule has 0 heterocycles. The molecule has 0 aromatic heterocycles. The van der Waals surface area contributed by atoms with Gasteiger partial charge in [-0.2, -0.15) is 0 Å². The largest absolute Gasteiger partial charge is 0.481 e. The molecule has 7 nitrogen and oxygen atoms in total. The van der Waals surface area contributed by atoms with Crippen LogP contribution in [0.3, 0.4) is 0 Å². The number of carbonyl (C=O) groups is 2. The van der Waals surface area contributed by atoms with Gasteiger partial charge in [-0.15, -0.1) is 0 Å². The topological polar surface area (TPSA) is 117 Å². The number of hydrogen-bond donors (Lipinski definition) is 4. The van der Waals surface area contributed by atoms with Gasteiger partial charge in [-0.3, -0.25) is 14.6 Å². The number of aliphatic carboxylic acids is 1. The summed E-state index contributed by atoms with van der Waals surface area (Å²) in [6.07, 6.45) is 5.75. The van der Waals surface area contributed by atoms with Crippen molar-refractivity contribution in [1.29, 1.82) is 0 Å². The highest BCUT2D eigenvalue weighted by atomic mass is 16.4. The van der Waals surface area contributed by atoms with Gasteiger partial charge in [0.15, 0.2) is 0 Å². The lowest BCUT2D eigenvalue weighted by Crippen LogP contribution is -2.30. The van der Waals surface area contributed by atoms with Crippen molar-refractivity contribution in [2.24, 2.45) is 34.5 Å². The number of nitrogens with one attached hydrogen (secondary N) is 2. The molecule has 0 aromatic carbocycles. The summed E-state index contributed by atoms with van der Waals surface area (Å²) in [4.78, 5) is 26.7. The number of aliphatic imine (C=N–C) groups is 1. The maximum atomic E-state index is 11.3. The number of hydrogen-bond acceptors (Lipinski definition) is 4. The van der Waals surface area contributed by atoms with Crippen LogP contribution in [0.25, 0.3) is 0 Å². The molecule has 1 fully saturated rings. The molecule has 0 aliphatic heterocycles. The van der Waals surface area contributed by atoms with Crippen LogP contribution in [0, 0.1) is 23.7 Å². The average Bonchev–Trinajstić information content (AvgIpc) is 2.95. The standard InChI is InChI=1S/C17H32N4O3/c1-4-13(11(2)9-19-12(3)22)5-6-14-7-15(17(23)24)8-16(14)20-10-21-18/h10-11,13-16H,4-9,18H2,1-3H3,(H,19,22)(H,20,21)(H,23,24)/t11?,13-,14?,15?,16-/m0/s1. The number of nitrogens with two attached hydrogens (primary N) is 1. The molecule has 5 atom stereocenters. The molecule has 0 bridgehead atoms. The Labute approximate surface area is 144 Å². The molecule has 138 valence electrons. The van der Waals surface area contributed by atoms with Crippen LogP contribution in [0.2, 0.25) is 0 Å². The third-order valence-corrected chi connectivity index (χ3v) is 5.26. The molecule has 1 rings (SSSR count). The van der Waals surface area contributed by atoms with Crippen LogP contribution in [0.15, 0.2) is 4.99 Å². The van der Waals surface area contributed by atoms with Gasteiger partial charge < -0.3 is 15.8 Å². The van der Waals surface area contributed by atoms with E-state index in [2.05, 4.69) is 29.6 Å². The summed E-state index contributed by atoms with van der Waals surface area (Å²) in [5.41, 5.74) is 2.40. The van der Waals surface area contributed by atoms with Gasteiger partial charge in [0.2, 0.25) is 5.91 Å². The summed E-state index contributed by atoms with van der Waals surface area (Å²) in [5, 5.41) is 12.2. The number of rotatable bonds is 10. The van der Waals surface area contributed by atoms with E-state index in [0.717, 1.165) is 19.3 Å². The molecule has 1 amide bonds. The van der Waals surface area contributed by atoms with Gasteiger partial charge in [-0.25, -0.2) is 5.84 Å². The zero-order chi connectivity index (χ0) is 18.1. The van der Waals surface area contributed by atoms with Gasteiger partial charge in [-0.1, -0.05) is 20.3 Å². The molecule has 1 aliphatic rings. The maximum absolute atomic E-state index is 11.3. The van der Waals surface area contributed by atoms with Crippen molar-refractivity contribution < 1.29 is 14.7 Å². The Bertz CT molecular complexity index is 442. The second-order valence-electron chi connectivity index (χ2n) is 6.94. The van der Waals surface area contributed by atoms with Crippen LogP contribution < -0.4 is 16.6 Å². The number of hydrazine groups is 1. The van der Waals surface area contributed by atoms with E-state index < -0.39 is 5.97 Å². The van der Waals surface area contributed by atoms with E-state index in [0.29, 0.717) is 31.2 Å². The van der Waals surface area contributed by atoms with Gasteiger partial charge in [0.05, 0.1) is 18.3 Å². The summed E-state index contributed by atoms with van der Waals surface area (Å²) in [7, 11) is 0. The van der Waals surface area contributed by atoms with Crippen LogP contribution in [0.4, 0.5) is 0 Å². The smallest absolute Gasteiger partial charge is 0.306 e. The molecule has 24 heavy (non-hydrogen) atoms. The van der Waals surface area contributed by atoms with Crippen molar-refractivity contribution in [2.45, 2.75) is 58.9 Å². The van der Waals surface area contributed by atoms with E-state index >= 15 is 0 Å². The van der Waals surface area contributed by atoms with Crippen molar-refractivity contribution in [3.63, 3.8) is 0 Å². The minimum Gasteiger partial charge on any atom is -0.481 e. The van der Waals surface area contributed by atoms with Crippen LogP contribution in [0.1, 0.15) is 52.9 Å². The summed E-state index contributed by atoms with van der Waals surface area (Å²) in [6.45, 7) is 6.55.